The summed E-state index contributed by atoms with van der Waals surface area (Å²) in [5.41, 5.74) is 1.49. The maximum absolute atomic E-state index is 13.0. The average Bonchev–Trinajstić information content (AvgIpc) is 3.31. The fourth-order valence-corrected chi connectivity index (χ4v) is 2.99. The first-order chi connectivity index (χ1) is 12.7. The fourth-order valence-electron chi connectivity index (χ4n) is 2.12. The van der Waals surface area contributed by atoms with Gasteiger partial charge in [-0.25, -0.2) is 4.39 Å². The molecule has 0 unspecified atom stereocenters. The highest BCUT2D eigenvalue weighted by molar-refractivity contribution is 9.10. The van der Waals surface area contributed by atoms with Gasteiger partial charge in [-0.05, 0) is 48.5 Å². The molecule has 0 amide bonds. The van der Waals surface area contributed by atoms with Crippen molar-refractivity contribution in [1.82, 2.24) is 20.4 Å². The van der Waals surface area contributed by atoms with E-state index in [1.807, 2.05) is 24.3 Å². The van der Waals surface area contributed by atoms with Gasteiger partial charge in [0.1, 0.15) is 5.82 Å². The molecule has 0 aliphatic carbocycles. The van der Waals surface area contributed by atoms with Crippen LogP contribution in [0, 0.1) is 5.82 Å². The highest BCUT2D eigenvalue weighted by atomic mass is 79.9. The van der Waals surface area contributed by atoms with Crippen molar-refractivity contribution < 1.29 is 13.2 Å². The van der Waals surface area contributed by atoms with E-state index in [1.54, 1.807) is 12.1 Å². The molecule has 2 aromatic heterocycles. The second kappa shape index (κ2) is 7.38. The zero-order chi connectivity index (χ0) is 17.9. The van der Waals surface area contributed by atoms with Gasteiger partial charge in [0, 0.05) is 15.6 Å². The molecule has 0 fully saturated rings. The fraction of sp³-hybridized carbons (Fsp3) is 0.0588. The van der Waals surface area contributed by atoms with Crippen LogP contribution in [0.4, 0.5) is 4.39 Å². The number of nitrogens with zero attached hydrogens (tertiary/aromatic N) is 4. The number of hydrogen-bond acceptors (Lipinski definition) is 7. The third-order valence-corrected chi connectivity index (χ3v) is 4.71. The third-order valence-electron chi connectivity index (χ3n) is 3.37. The van der Waals surface area contributed by atoms with Crippen molar-refractivity contribution in [3.8, 4) is 22.9 Å². The van der Waals surface area contributed by atoms with Gasteiger partial charge in [0.05, 0.1) is 5.75 Å². The molecule has 0 radical (unpaired) electrons. The lowest BCUT2D eigenvalue weighted by molar-refractivity contribution is 0.464. The monoisotopic (exact) mass is 432 g/mol. The number of thioether (sulfide) groups is 1. The zero-order valence-corrected chi connectivity index (χ0v) is 15.5. The average molecular weight is 433 g/mol. The molecule has 2 aromatic carbocycles. The predicted molar refractivity (Wildman–Crippen MR) is 96.7 cm³/mol. The molecule has 6 nitrogen and oxygen atoms in total. The van der Waals surface area contributed by atoms with Crippen LogP contribution in [-0.2, 0) is 5.75 Å². The Morgan fingerprint density at radius 1 is 0.808 bits per heavy atom. The molecule has 2 heterocycles. The molecule has 4 rings (SSSR count). The third kappa shape index (κ3) is 3.83. The number of aromatic nitrogens is 4. The Bertz CT molecular complexity index is 934. The topological polar surface area (TPSA) is 77.8 Å². The molecular weight excluding hydrogens is 423 g/mol. The number of hydrogen-bond donors (Lipinski definition) is 0. The maximum atomic E-state index is 13.0. The van der Waals surface area contributed by atoms with E-state index in [4.69, 9.17) is 8.83 Å². The number of rotatable bonds is 5. The molecule has 9 heteroatoms. The van der Waals surface area contributed by atoms with Crippen LogP contribution in [0.1, 0.15) is 5.89 Å². The molecule has 4 aromatic rings. The van der Waals surface area contributed by atoms with E-state index in [-0.39, 0.29) is 5.82 Å². The van der Waals surface area contributed by atoms with Gasteiger partial charge in [-0.2, -0.15) is 0 Å². The highest BCUT2D eigenvalue weighted by Crippen LogP contribution is 2.27. The Hall–Kier alpha value is -2.52. The van der Waals surface area contributed by atoms with Crippen molar-refractivity contribution in [2.75, 3.05) is 0 Å². The molecule has 0 spiro atoms. The first kappa shape index (κ1) is 16.9. The summed E-state index contributed by atoms with van der Waals surface area (Å²) < 4.78 is 25.1. The summed E-state index contributed by atoms with van der Waals surface area (Å²) in [6.45, 7) is 0. The van der Waals surface area contributed by atoms with Crippen molar-refractivity contribution in [3.05, 3.63) is 64.7 Å². The highest BCUT2D eigenvalue weighted by Gasteiger charge is 2.13. The van der Waals surface area contributed by atoms with Crippen LogP contribution in [0.2, 0.25) is 0 Å². The van der Waals surface area contributed by atoms with Gasteiger partial charge in [0.25, 0.3) is 5.22 Å². The van der Waals surface area contributed by atoms with E-state index in [2.05, 4.69) is 36.3 Å². The van der Waals surface area contributed by atoms with E-state index in [9.17, 15) is 4.39 Å². The van der Waals surface area contributed by atoms with Crippen LogP contribution in [0.3, 0.4) is 0 Å². The summed E-state index contributed by atoms with van der Waals surface area (Å²) in [6.07, 6.45) is 0. The standard InChI is InChI=1S/C17H10BrFN4O2S/c18-12-5-1-10(2-6-12)16-22-23-17(25-16)26-9-14-20-21-15(24-14)11-3-7-13(19)8-4-11/h1-8H,9H2. The van der Waals surface area contributed by atoms with E-state index < -0.39 is 0 Å². The van der Waals surface area contributed by atoms with Crippen LogP contribution in [0.25, 0.3) is 22.9 Å². The first-order valence-electron chi connectivity index (χ1n) is 7.48. The van der Waals surface area contributed by atoms with Crippen molar-refractivity contribution in [2.45, 2.75) is 11.0 Å². The Labute approximate surface area is 160 Å². The maximum Gasteiger partial charge on any atom is 0.277 e. The van der Waals surface area contributed by atoms with Crippen LogP contribution in [0.5, 0.6) is 0 Å². The molecule has 0 saturated heterocycles. The smallest absolute Gasteiger partial charge is 0.277 e. The lowest BCUT2D eigenvalue weighted by Crippen LogP contribution is -1.80. The van der Waals surface area contributed by atoms with Crippen LogP contribution >= 0.6 is 27.7 Å². The van der Waals surface area contributed by atoms with Crippen molar-refractivity contribution in [1.29, 1.82) is 0 Å². The van der Waals surface area contributed by atoms with Crippen molar-refractivity contribution in [2.24, 2.45) is 0 Å². The number of halogens is 2. The zero-order valence-electron chi connectivity index (χ0n) is 13.1. The second-order valence-electron chi connectivity index (χ2n) is 5.18. The Kier molecular flexibility index (Phi) is 4.81. The van der Waals surface area contributed by atoms with Gasteiger partial charge in [0.2, 0.25) is 17.7 Å². The van der Waals surface area contributed by atoms with Gasteiger partial charge in [-0.15, -0.1) is 20.4 Å². The van der Waals surface area contributed by atoms with Gasteiger partial charge < -0.3 is 8.83 Å². The summed E-state index contributed by atoms with van der Waals surface area (Å²) in [6, 6.07) is 13.4. The van der Waals surface area contributed by atoms with E-state index >= 15 is 0 Å². The van der Waals surface area contributed by atoms with Crippen molar-refractivity contribution >= 4 is 27.7 Å². The summed E-state index contributed by atoms with van der Waals surface area (Å²) in [5.74, 6) is 1.26. The first-order valence-corrected chi connectivity index (χ1v) is 9.26. The second-order valence-corrected chi connectivity index (χ2v) is 7.02. The largest absolute Gasteiger partial charge is 0.420 e. The van der Waals surface area contributed by atoms with Gasteiger partial charge in [-0.1, -0.05) is 27.7 Å². The van der Waals surface area contributed by atoms with E-state index in [0.717, 1.165) is 10.0 Å². The molecule has 0 aliphatic rings. The molecule has 130 valence electrons. The molecular formula is C17H10BrFN4O2S. The predicted octanol–water partition coefficient (Wildman–Crippen LogP) is 4.98. The quantitative estimate of drug-likeness (QED) is 0.411. The van der Waals surface area contributed by atoms with Gasteiger partial charge >= 0.3 is 0 Å². The minimum atomic E-state index is -0.318. The van der Waals surface area contributed by atoms with Crippen LogP contribution in [0.15, 0.2) is 67.1 Å². The molecule has 0 N–H and O–H groups in total. The van der Waals surface area contributed by atoms with Crippen molar-refractivity contribution in [3.63, 3.8) is 0 Å². The summed E-state index contributed by atoms with van der Waals surface area (Å²) in [7, 11) is 0. The minimum absolute atomic E-state index is 0.318. The summed E-state index contributed by atoms with van der Waals surface area (Å²) >= 11 is 4.68. The van der Waals surface area contributed by atoms with Gasteiger partial charge in [-0.3, -0.25) is 0 Å². The van der Waals surface area contributed by atoms with Crippen LogP contribution < -0.4 is 0 Å². The normalized spacial score (nSPS) is 11.0. The summed E-state index contributed by atoms with van der Waals surface area (Å²) in [4.78, 5) is 0. The number of benzene rings is 2. The minimum Gasteiger partial charge on any atom is -0.420 e. The van der Waals surface area contributed by atoms with E-state index in [0.29, 0.717) is 34.2 Å². The lowest BCUT2D eigenvalue weighted by atomic mass is 10.2. The molecule has 0 aliphatic heterocycles. The molecule has 0 atom stereocenters. The Morgan fingerprint density at radius 2 is 1.42 bits per heavy atom. The molecule has 0 bridgehead atoms. The lowest BCUT2D eigenvalue weighted by Gasteiger charge is -1.95. The van der Waals surface area contributed by atoms with E-state index in [1.165, 1.54) is 23.9 Å². The molecule has 26 heavy (non-hydrogen) atoms. The summed E-state index contributed by atoms with van der Waals surface area (Å²) in [5, 5.41) is 16.4. The SMILES string of the molecule is Fc1ccc(-c2nnc(CSc3nnc(-c4ccc(Br)cc4)o3)o2)cc1. The van der Waals surface area contributed by atoms with Crippen LogP contribution in [-0.4, -0.2) is 20.4 Å². The molecule has 0 saturated carbocycles. The Balaban J connectivity index is 1.42. The Morgan fingerprint density at radius 3 is 2.15 bits per heavy atom. The van der Waals surface area contributed by atoms with Gasteiger partial charge in [0.15, 0.2) is 0 Å².